The van der Waals surface area contributed by atoms with Gasteiger partial charge < -0.3 is 9.80 Å². The molecule has 0 spiro atoms. The van der Waals surface area contributed by atoms with E-state index in [1.165, 1.54) is 47.4 Å². The van der Waals surface area contributed by atoms with Gasteiger partial charge in [0.1, 0.15) is 0 Å². The molecule has 1 fully saturated rings. The molecule has 0 saturated carbocycles. The Hall–Kier alpha value is -1.81. The van der Waals surface area contributed by atoms with Crippen molar-refractivity contribution >= 4 is 22.9 Å². The Morgan fingerprint density at radius 2 is 1.88 bits per heavy atom. The average molecular weight is 355 g/mol. The van der Waals surface area contributed by atoms with Gasteiger partial charge in [0.15, 0.2) is 0 Å². The highest BCUT2D eigenvalue weighted by molar-refractivity contribution is 7.10. The molecule has 4 rings (SSSR count). The van der Waals surface area contributed by atoms with Crippen molar-refractivity contribution in [2.45, 2.75) is 45.1 Å². The van der Waals surface area contributed by atoms with E-state index >= 15 is 0 Å². The fourth-order valence-corrected chi connectivity index (χ4v) is 5.24. The predicted octanol–water partition coefficient (Wildman–Crippen LogP) is 4.50. The zero-order valence-corrected chi connectivity index (χ0v) is 15.8. The van der Waals surface area contributed by atoms with Crippen LogP contribution in [-0.2, 0) is 19.4 Å². The van der Waals surface area contributed by atoms with Crippen molar-refractivity contribution in [2.75, 3.05) is 25.0 Å². The van der Waals surface area contributed by atoms with Gasteiger partial charge in [-0.25, -0.2) is 0 Å². The van der Waals surface area contributed by atoms with Gasteiger partial charge in [0, 0.05) is 42.6 Å². The van der Waals surface area contributed by atoms with Gasteiger partial charge in [0.2, 0.25) is 0 Å². The van der Waals surface area contributed by atoms with Crippen LogP contribution >= 0.6 is 11.3 Å². The number of benzene rings is 1. The highest BCUT2D eigenvalue weighted by atomic mass is 32.1. The molecule has 0 radical (unpaired) electrons. The molecule has 2 aromatic rings. The summed E-state index contributed by atoms with van der Waals surface area (Å²) in [4.78, 5) is 18.8. The Morgan fingerprint density at radius 1 is 1.12 bits per heavy atom. The lowest BCUT2D eigenvalue weighted by molar-refractivity contribution is 0.0784. The third-order valence-corrected chi connectivity index (χ3v) is 6.57. The summed E-state index contributed by atoms with van der Waals surface area (Å²) in [5.74, 6) is 0.177. The number of para-hydroxylation sites is 1. The monoisotopic (exact) mass is 354 g/mol. The molecular formula is C21H26N2OS. The summed E-state index contributed by atoms with van der Waals surface area (Å²) in [5.41, 5.74) is 4.82. The molecule has 1 aromatic carbocycles. The van der Waals surface area contributed by atoms with E-state index in [1.807, 2.05) is 11.9 Å². The number of rotatable bonds is 4. The highest BCUT2D eigenvalue weighted by Gasteiger charge is 2.23. The second-order valence-corrected chi connectivity index (χ2v) is 8.21. The summed E-state index contributed by atoms with van der Waals surface area (Å²) < 4.78 is 0. The molecule has 2 aliphatic rings. The summed E-state index contributed by atoms with van der Waals surface area (Å²) in [6.07, 6.45) is 7.23. The SMILES string of the molecule is CN(Cc1ccccc1N1CCCC1)C(=O)c1csc2c1CCCC2. The van der Waals surface area contributed by atoms with Crippen LogP contribution in [0, 0.1) is 0 Å². The average Bonchev–Trinajstić information content (AvgIpc) is 3.31. The first-order valence-electron chi connectivity index (χ1n) is 9.41. The van der Waals surface area contributed by atoms with E-state index in [0.717, 1.165) is 31.5 Å². The minimum Gasteiger partial charge on any atom is -0.371 e. The Bertz CT molecular complexity index is 761. The number of amides is 1. The number of aryl methyl sites for hydroxylation is 1. The molecule has 25 heavy (non-hydrogen) atoms. The minimum absolute atomic E-state index is 0.177. The molecule has 4 heteroatoms. The van der Waals surface area contributed by atoms with Crippen molar-refractivity contribution in [3.63, 3.8) is 0 Å². The Balaban J connectivity index is 1.53. The second-order valence-electron chi connectivity index (χ2n) is 7.24. The van der Waals surface area contributed by atoms with Crippen molar-refractivity contribution in [1.29, 1.82) is 0 Å². The molecule has 1 aliphatic carbocycles. The summed E-state index contributed by atoms with van der Waals surface area (Å²) in [6.45, 7) is 2.94. The van der Waals surface area contributed by atoms with Crippen LogP contribution in [0.3, 0.4) is 0 Å². The Morgan fingerprint density at radius 3 is 2.72 bits per heavy atom. The smallest absolute Gasteiger partial charge is 0.255 e. The lowest BCUT2D eigenvalue weighted by Crippen LogP contribution is -2.28. The molecule has 2 heterocycles. The molecule has 0 unspecified atom stereocenters. The summed E-state index contributed by atoms with van der Waals surface area (Å²) in [7, 11) is 1.94. The van der Waals surface area contributed by atoms with E-state index in [4.69, 9.17) is 0 Å². The summed E-state index contributed by atoms with van der Waals surface area (Å²) >= 11 is 1.77. The fourth-order valence-electron chi connectivity index (χ4n) is 4.12. The number of anilines is 1. The molecule has 1 saturated heterocycles. The van der Waals surface area contributed by atoms with E-state index in [-0.39, 0.29) is 5.91 Å². The Labute approximate surface area is 154 Å². The molecule has 1 amide bonds. The molecule has 3 nitrogen and oxygen atoms in total. The van der Waals surface area contributed by atoms with E-state index < -0.39 is 0 Å². The maximum atomic E-state index is 13.0. The van der Waals surface area contributed by atoms with Crippen molar-refractivity contribution in [3.05, 3.63) is 51.2 Å². The van der Waals surface area contributed by atoms with Crippen LogP contribution in [0.4, 0.5) is 5.69 Å². The maximum Gasteiger partial charge on any atom is 0.255 e. The topological polar surface area (TPSA) is 23.6 Å². The standard InChI is InChI=1S/C21H26N2OS/c1-22(21(24)18-15-25-20-11-5-3-9-17(18)20)14-16-8-2-4-10-19(16)23-12-6-7-13-23/h2,4,8,10,15H,3,5-7,9,11-14H2,1H3. The number of fused-ring (bicyclic) bond motifs is 1. The van der Waals surface area contributed by atoms with E-state index in [2.05, 4.69) is 34.5 Å². The number of hydrogen-bond acceptors (Lipinski definition) is 3. The van der Waals surface area contributed by atoms with Gasteiger partial charge in [-0.1, -0.05) is 18.2 Å². The van der Waals surface area contributed by atoms with Gasteiger partial charge >= 0.3 is 0 Å². The van der Waals surface area contributed by atoms with Gasteiger partial charge in [0.05, 0.1) is 5.56 Å². The summed E-state index contributed by atoms with van der Waals surface area (Å²) in [6, 6.07) is 8.56. The molecule has 1 aromatic heterocycles. The van der Waals surface area contributed by atoms with Gasteiger partial charge in [-0.15, -0.1) is 11.3 Å². The highest BCUT2D eigenvalue weighted by Crippen LogP contribution is 2.31. The number of hydrogen-bond donors (Lipinski definition) is 0. The number of nitrogens with zero attached hydrogens (tertiary/aromatic N) is 2. The number of carbonyl (C=O) groups excluding carboxylic acids is 1. The Kier molecular flexibility index (Phi) is 4.80. The molecule has 0 atom stereocenters. The van der Waals surface area contributed by atoms with Crippen molar-refractivity contribution in [2.24, 2.45) is 0 Å². The first-order chi connectivity index (χ1) is 12.2. The molecule has 132 valence electrons. The third kappa shape index (κ3) is 3.32. The van der Waals surface area contributed by atoms with Crippen molar-refractivity contribution < 1.29 is 4.79 Å². The van der Waals surface area contributed by atoms with Gasteiger partial charge in [-0.3, -0.25) is 4.79 Å². The van der Waals surface area contributed by atoms with E-state index in [0.29, 0.717) is 6.54 Å². The van der Waals surface area contributed by atoms with Crippen molar-refractivity contribution in [1.82, 2.24) is 4.90 Å². The third-order valence-electron chi connectivity index (χ3n) is 5.48. The first-order valence-corrected chi connectivity index (χ1v) is 10.3. The molecule has 0 bridgehead atoms. The number of thiophene rings is 1. The molecular weight excluding hydrogens is 328 g/mol. The van der Waals surface area contributed by atoms with Crippen LogP contribution in [0.2, 0.25) is 0 Å². The molecule has 1 aliphatic heterocycles. The van der Waals surface area contributed by atoms with Crippen LogP contribution in [0.1, 0.15) is 52.0 Å². The van der Waals surface area contributed by atoms with Gasteiger partial charge in [-0.2, -0.15) is 0 Å². The maximum absolute atomic E-state index is 13.0. The van der Waals surface area contributed by atoms with Gasteiger partial charge in [0.25, 0.3) is 5.91 Å². The van der Waals surface area contributed by atoms with E-state index in [9.17, 15) is 4.79 Å². The number of carbonyl (C=O) groups is 1. The van der Waals surface area contributed by atoms with Crippen LogP contribution in [0.15, 0.2) is 29.6 Å². The van der Waals surface area contributed by atoms with Crippen LogP contribution in [0.25, 0.3) is 0 Å². The minimum atomic E-state index is 0.177. The van der Waals surface area contributed by atoms with Crippen LogP contribution in [-0.4, -0.2) is 30.9 Å². The predicted molar refractivity (Wildman–Crippen MR) is 105 cm³/mol. The normalized spacial score (nSPS) is 16.8. The quantitative estimate of drug-likeness (QED) is 0.807. The first kappa shape index (κ1) is 16.6. The fraction of sp³-hybridized carbons (Fsp3) is 0.476. The van der Waals surface area contributed by atoms with Crippen molar-refractivity contribution in [3.8, 4) is 0 Å². The largest absolute Gasteiger partial charge is 0.371 e. The van der Waals surface area contributed by atoms with Gasteiger partial charge in [-0.05, 0) is 55.7 Å². The van der Waals surface area contributed by atoms with E-state index in [1.54, 1.807) is 11.3 Å². The second kappa shape index (κ2) is 7.20. The lowest BCUT2D eigenvalue weighted by atomic mass is 9.95. The summed E-state index contributed by atoms with van der Waals surface area (Å²) in [5, 5.41) is 2.08. The zero-order valence-electron chi connectivity index (χ0n) is 15.0. The molecule has 0 N–H and O–H groups in total. The lowest BCUT2D eigenvalue weighted by Gasteiger charge is -2.25. The van der Waals surface area contributed by atoms with Crippen LogP contribution in [0.5, 0.6) is 0 Å². The van der Waals surface area contributed by atoms with Crippen LogP contribution < -0.4 is 4.90 Å². The zero-order chi connectivity index (χ0) is 17.2.